The summed E-state index contributed by atoms with van der Waals surface area (Å²) in [7, 11) is 0. The smallest absolute Gasteiger partial charge is 0.263 e. The number of nitrogens with one attached hydrogen (secondary N) is 3. The molecule has 2 amide bonds. The summed E-state index contributed by atoms with van der Waals surface area (Å²) < 4.78 is 0. The van der Waals surface area contributed by atoms with Gasteiger partial charge < -0.3 is 10.3 Å². The van der Waals surface area contributed by atoms with Gasteiger partial charge in [0.1, 0.15) is 5.56 Å². The topological polar surface area (TPSA) is 104 Å². The van der Waals surface area contributed by atoms with Crippen molar-refractivity contribution in [3.8, 4) is 0 Å². The average molecular weight is 332 g/mol. The number of carbonyl (C=O) groups excluding carboxylic acids is 2. The number of nitrogens with zero attached hydrogens (tertiary/aromatic N) is 1. The molecule has 0 bridgehead atoms. The molecule has 0 unspecified atom stereocenters. The second-order valence-electron chi connectivity index (χ2n) is 5.35. The maximum atomic E-state index is 12.0. The number of aromatic amines is 1. The first-order chi connectivity index (χ1) is 11.1. The van der Waals surface area contributed by atoms with Crippen LogP contribution in [0.3, 0.4) is 0 Å². The number of aryl methyl sites for hydroxylation is 1. The van der Waals surface area contributed by atoms with Crippen molar-refractivity contribution in [2.24, 2.45) is 0 Å². The van der Waals surface area contributed by atoms with E-state index in [-0.39, 0.29) is 11.5 Å². The Morgan fingerprint density at radius 1 is 1.39 bits per heavy atom. The van der Waals surface area contributed by atoms with E-state index in [9.17, 15) is 14.4 Å². The Bertz CT molecular complexity index is 779. The van der Waals surface area contributed by atoms with Crippen LogP contribution in [0.1, 0.15) is 35.3 Å². The highest BCUT2D eigenvalue weighted by atomic mass is 32.1. The Hall–Kier alpha value is -2.48. The fourth-order valence-electron chi connectivity index (χ4n) is 2.01. The summed E-state index contributed by atoms with van der Waals surface area (Å²) >= 11 is 1.27. The molecule has 120 valence electrons. The SMILES string of the molecule is O=C(CCc1csc(NC(=O)c2ccc[nH]c2=O)n1)NC1CC1. The lowest BCUT2D eigenvalue weighted by molar-refractivity contribution is -0.121. The van der Waals surface area contributed by atoms with Crippen molar-refractivity contribution >= 4 is 28.3 Å². The van der Waals surface area contributed by atoms with Gasteiger partial charge >= 0.3 is 0 Å². The van der Waals surface area contributed by atoms with Crippen LogP contribution in [0.15, 0.2) is 28.5 Å². The van der Waals surface area contributed by atoms with E-state index in [0.29, 0.717) is 24.0 Å². The summed E-state index contributed by atoms with van der Waals surface area (Å²) in [6.07, 6.45) is 4.50. The van der Waals surface area contributed by atoms with E-state index in [2.05, 4.69) is 20.6 Å². The quantitative estimate of drug-likeness (QED) is 0.741. The molecule has 8 heteroatoms. The predicted octanol–water partition coefficient (Wildman–Crippen LogP) is 1.29. The highest BCUT2D eigenvalue weighted by Crippen LogP contribution is 2.20. The minimum absolute atomic E-state index is 0.0295. The molecule has 1 aliphatic rings. The van der Waals surface area contributed by atoms with Crippen molar-refractivity contribution in [2.45, 2.75) is 31.7 Å². The first-order valence-electron chi connectivity index (χ1n) is 7.34. The number of carbonyl (C=O) groups is 2. The molecular formula is C15H16N4O3S. The van der Waals surface area contributed by atoms with Gasteiger partial charge in [-0.05, 0) is 31.4 Å². The van der Waals surface area contributed by atoms with E-state index < -0.39 is 11.5 Å². The zero-order valence-corrected chi connectivity index (χ0v) is 13.1. The molecule has 0 atom stereocenters. The molecule has 2 aromatic rings. The lowest BCUT2D eigenvalue weighted by atomic mass is 10.2. The number of amides is 2. The summed E-state index contributed by atoms with van der Waals surface area (Å²) in [4.78, 5) is 41.9. The molecular weight excluding hydrogens is 316 g/mol. The first kappa shape index (κ1) is 15.4. The molecule has 0 saturated heterocycles. The lowest BCUT2D eigenvalue weighted by Gasteiger charge is -2.01. The summed E-state index contributed by atoms with van der Waals surface area (Å²) in [6, 6.07) is 3.39. The van der Waals surface area contributed by atoms with E-state index in [4.69, 9.17) is 0 Å². The van der Waals surface area contributed by atoms with Gasteiger partial charge in [-0.1, -0.05) is 0 Å². The van der Waals surface area contributed by atoms with Crippen molar-refractivity contribution in [1.82, 2.24) is 15.3 Å². The maximum Gasteiger partial charge on any atom is 0.263 e. The highest BCUT2D eigenvalue weighted by molar-refractivity contribution is 7.14. The van der Waals surface area contributed by atoms with Crippen LogP contribution in [0.2, 0.25) is 0 Å². The zero-order valence-electron chi connectivity index (χ0n) is 12.3. The van der Waals surface area contributed by atoms with Crippen molar-refractivity contribution < 1.29 is 9.59 Å². The van der Waals surface area contributed by atoms with Gasteiger partial charge in [-0.2, -0.15) is 0 Å². The predicted molar refractivity (Wildman–Crippen MR) is 86.6 cm³/mol. The molecule has 2 aromatic heterocycles. The number of hydrogen-bond acceptors (Lipinski definition) is 5. The molecule has 1 fully saturated rings. The molecule has 3 N–H and O–H groups in total. The number of rotatable bonds is 6. The largest absolute Gasteiger partial charge is 0.353 e. The van der Waals surface area contributed by atoms with E-state index in [1.54, 1.807) is 11.4 Å². The van der Waals surface area contributed by atoms with Crippen LogP contribution in [0.5, 0.6) is 0 Å². The van der Waals surface area contributed by atoms with E-state index in [0.717, 1.165) is 18.5 Å². The minimum atomic E-state index is -0.501. The average Bonchev–Trinajstić information content (AvgIpc) is 3.23. The molecule has 0 aliphatic heterocycles. The van der Waals surface area contributed by atoms with Crippen LogP contribution >= 0.6 is 11.3 Å². The zero-order chi connectivity index (χ0) is 16.2. The third-order valence-corrected chi connectivity index (χ3v) is 4.19. The van der Waals surface area contributed by atoms with Gasteiger partial charge in [-0.15, -0.1) is 11.3 Å². The Morgan fingerprint density at radius 2 is 2.22 bits per heavy atom. The summed E-state index contributed by atoms with van der Waals surface area (Å²) in [5, 5.41) is 7.73. The molecule has 0 spiro atoms. The second-order valence-corrected chi connectivity index (χ2v) is 6.21. The number of aromatic nitrogens is 2. The van der Waals surface area contributed by atoms with Crippen LogP contribution in [0, 0.1) is 0 Å². The third kappa shape index (κ3) is 4.26. The minimum Gasteiger partial charge on any atom is -0.353 e. The number of H-pyrrole nitrogens is 1. The summed E-state index contributed by atoms with van der Waals surface area (Å²) in [5.74, 6) is -0.471. The van der Waals surface area contributed by atoms with Crippen molar-refractivity contribution in [3.05, 3.63) is 45.3 Å². The standard InChI is InChI=1S/C15H16N4O3S/c20-12(17-9-3-4-9)6-5-10-8-23-15(18-10)19-14(22)11-2-1-7-16-13(11)21/h1-2,7-9H,3-6H2,(H,16,21)(H,17,20)(H,18,19,22). The molecule has 7 nitrogen and oxygen atoms in total. The molecule has 3 rings (SSSR count). The second kappa shape index (κ2) is 6.74. The fourth-order valence-corrected chi connectivity index (χ4v) is 2.75. The number of pyridine rings is 1. The number of thiazole rings is 1. The normalized spacial score (nSPS) is 13.6. The molecule has 0 radical (unpaired) electrons. The van der Waals surface area contributed by atoms with Crippen LogP contribution in [-0.2, 0) is 11.2 Å². The van der Waals surface area contributed by atoms with Gasteiger partial charge in [0.25, 0.3) is 11.5 Å². The van der Waals surface area contributed by atoms with Crippen molar-refractivity contribution in [3.63, 3.8) is 0 Å². The van der Waals surface area contributed by atoms with E-state index >= 15 is 0 Å². The van der Waals surface area contributed by atoms with Crippen LogP contribution in [0.4, 0.5) is 5.13 Å². The fraction of sp³-hybridized carbons (Fsp3) is 0.333. The van der Waals surface area contributed by atoms with Crippen LogP contribution in [0.25, 0.3) is 0 Å². The first-order valence-corrected chi connectivity index (χ1v) is 8.22. The Kier molecular flexibility index (Phi) is 4.52. The third-order valence-electron chi connectivity index (χ3n) is 3.39. The molecule has 0 aromatic carbocycles. The Balaban J connectivity index is 1.54. The van der Waals surface area contributed by atoms with Crippen molar-refractivity contribution in [2.75, 3.05) is 5.32 Å². The molecule has 1 saturated carbocycles. The van der Waals surface area contributed by atoms with Gasteiger partial charge in [0.05, 0.1) is 5.69 Å². The molecule has 1 aliphatic carbocycles. The maximum absolute atomic E-state index is 12.0. The van der Waals surface area contributed by atoms with Gasteiger partial charge in [0, 0.05) is 24.0 Å². The van der Waals surface area contributed by atoms with Gasteiger partial charge in [-0.3, -0.25) is 19.7 Å². The molecule has 2 heterocycles. The van der Waals surface area contributed by atoms with E-state index in [1.165, 1.54) is 23.6 Å². The van der Waals surface area contributed by atoms with Crippen molar-refractivity contribution in [1.29, 1.82) is 0 Å². The van der Waals surface area contributed by atoms with Gasteiger partial charge in [-0.25, -0.2) is 4.98 Å². The number of anilines is 1. The summed E-state index contributed by atoms with van der Waals surface area (Å²) in [6.45, 7) is 0. The van der Waals surface area contributed by atoms with Gasteiger partial charge in [0.15, 0.2) is 5.13 Å². The Morgan fingerprint density at radius 3 is 2.96 bits per heavy atom. The number of hydrogen-bond donors (Lipinski definition) is 3. The van der Waals surface area contributed by atoms with Gasteiger partial charge in [0.2, 0.25) is 5.91 Å². The highest BCUT2D eigenvalue weighted by Gasteiger charge is 2.23. The van der Waals surface area contributed by atoms with Crippen LogP contribution < -0.4 is 16.2 Å². The lowest BCUT2D eigenvalue weighted by Crippen LogP contribution is -2.25. The monoisotopic (exact) mass is 332 g/mol. The Labute approximate surface area is 136 Å². The van der Waals surface area contributed by atoms with E-state index in [1.807, 2.05) is 0 Å². The molecule has 23 heavy (non-hydrogen) atoms. The van der Waals surface area contributed by atoms with Crippen LogP contribution in [-0.4, -0.2) is 27.8 Å². The summed E-state index contributed by atoms with van der Waals surface area (Å²) in [5.41, 5.74) is 0.338.